The van der Waals surface area contributed by atoms with Crippen LogP contribution in [0.4, 0.5) is 4.39 Å². The van der Waals surface area contributed by atoms with Gasteiger partial charge in [0.25, 0.3) is 0 Å². The van der Waals surface area contributed by atoms with Gasteiger partial charge in [-0.25, -0.2) is 17.8 Å². The zero-order valence-corrected chi connectivity index (χ0v) is 13.6. The number of amides is 1. The molecule has 0 unspecified atom stereocenters. The number of aromatic nitrogens is 1. The van der Waals surface area contributed by atoms with E-state index in [-0.39, 0.29) is 30.4 Å². The van der Waals surface area contributed by atoms with Gasteiger partial charge in [-0.3, -0.25) is 4.79 Å². The molecule has 0 saturated heterocycles. The monoisotopic (exact) mass is 340 g/mol. The molecule has 0 fully saturated rings. The van der Waals surface area contributed by atoms with Crippen LogP contribution in [-0.4, -0.2) is 37.9 Å². The van der Waals surface area contributed by atoms with Gasteiger partial charge in [-0.05, 0) is 31.2 Å². The number of nitrogens with zero attached hydrogens (tertiary/aromatic N) is 1. The molecule has 0 saturated carbocycles. The van der Waals surface area contributed by atoms with Crippen LogP contribution in [0.1, 0.15) is 11.5 Å². The van der Waals surface area contributed by atoms with Crippen LogP contribution in [-0.2, 0) is 21.1 Å². The number of hydrogen-bond acceptors (Lipinski definition) is 5. The van der Waals surface area contributed by atoms with Gasteiger partial charge in [0.15, 0.2) is 0 Å². The molecule has 1 aromatic heterocycles. The minimum absolute atomic E-state index is 0.0136. The largest absolute Gasteiger partial charge is 0.441 e. The quantitative estimate of drug-likeness (QED) is 0.860. The first-order chi connectivity index (χ1) is 10.7. The molecule has 6 nitrogen and oxygen atoms in total. The maximum atomic E-state index is 12.9. The maximum Gasteiger partial charge on any atom is 0.226 e. The van der Waals surface area contributed by atoms with Gasteiger partial charge in [-0.1, -0.05) is 0 Å². The third-order valence-electron chi connectivity index (χ3n) is 3.11. The summed E-state index contributed by atoms with van der Waals surface area (Å²) in [6.07, 6.45) is 1.09. The molecule has 23 heavy (non-hydrogen) atoms. The van der Waals surface area contributed by atoms with Crippen molar-refractivity contribution in [3.05, 3.63) is 41.5 Å². The molecule has 124 valence electrons. The number of nitrogens with one attached hydrogen (secondary N) is 1. The topological polar surface area (TPSA) is 89.3 Å². The Labute approximate surface area is 133 Å². The molecule has 1 aromatic carbocycles. The zero-order chi connectivity index (χ0) is 17.0. The molecule has 8 heteroatoms. The van der Waals surface area contributed by atoms with Crippen LogP contribution < -0.4 is 5.32 Å². The van der Waals surface area contributed by atoms with E-state index in [0.717, 1.165) is 6.26 Å². The first-order valence-electron chi connectivity index (χ1n) is 6.91. The Bertz CT molecular complexity index is 797. The molecule has 0 spiro atoms. The van der Waals surface area contributed by atoms with Crippen LogP contribution >= 0.6 is 0 Å². The standard InChI is InChI=1S/C15H17FN2O4S/c1-10-13(9-14(19)17-7-8-23(2,20)21)18-15(22-10)11-3-5-12(16)6-4-11/h3-6H,7-9H2,1-2H3,(H,17,19). The van der Waals surface area contributed by atoms with Crippen molar-refractivity contribution in [2.24, 2.45) is 0 Å². The summed E-state index contributed by atoms with van der Waals surface area (Å²) in [5.74, 6) is -0.0144. The second kappa shape index (κ2) is 6.91. The molecular formula is C15H17FN2O4S. The highest BCUT2D eigenvalue weighted by molar-refractivity contribution is 7.90. The van der Waals surface area contributed by atoms with Crippen molar-refractivity contribution in [1.82, 2.24) is 10.3 Å². The van der Waals surface area contributed by atoms with Gasteiger partial charge in [-0.15, -0.1) is 0 Å². The minimum atomic E-state index is -3.12. The Hall–Kier alpha value is -2.22. The third-order valence-corrected chi connectivity index (χ3v) is 4.05. The lowest BCUT2D eigenvalue weighted by Gasteiger charge is -2.02. The first kappa shape index (κ1) is 17.1. The Kier molecular flexibility index (Phi) is 5.15. The second-order valence-corrected chi connectivity index (χ2v) is 7.45. The predicted octanol–water partition coefficient (Wildman–Crippen LogP) is 1.49. The van der Waals surface area contributed by atoms with Crippen molar-refractivity contribution in [3.8, 4) is 11.5 Å². The second-order valence-electron chi connectivity index (χ2n) is 5.19. The lowest BCUT2D eigenvalue weighted by molar-refractivity contribution is -0.120. The Morgan fingerprint density at radius 2 is 1.96 bits per heavy atom. The normalized spacial score (nSPS) is 11.4. The number of aryl methyl sites for hydroxylation is 1. The van der Waals surface area contributed by atoms with E-state index in [1.807, 2.05) is 0 Å². The fourth-order valence-electron chi connectivity index (χ4n) is 1.90. The number of carbonyl (C=O) groups is 1. The molecule has 0 bridgehead atoms. The van der Waals surface area contributed by atoms with Gasteiger partial charge in [-0.2, -0.15) is 0 Å². The van der Waals surface area contributed by atoms with Crippen molar-refractivity contribution in [2.75, 3.05) is 18.6 Å². The number of oxazole rings is 1. The van der Waals surface area contributed by atoms with E-state index < -0.39 is 9.84 Å². The lowest BCUT2D eigenvalue weighted by Crippen LogP contribution is -2.30. The number of carbonyl (C=O) groups excluding carboxylic acids is 1. The van der Waals surface area contributed by atoms with Crippen LogP contribution in [0.15, 0.2) is 28.7 Å². The molecule has 1 heterocycles. The van der Waals surface area contributed by atoms with E-state index in [4.69, 9.17) is 4.42 Å². The highest BCUT2D eigenvalue weighted by Crippen LogP contribution is 2.22. The van der Waals surface area contributed by atoms with Gasteiger partial charge in [0, 0.05) is 18.4 Å². The Morgan fingerprint density at radius 1 is 1.30 bits per heavy atom. The molecule has 1 amide bonds. The van der Waals surface area contributed by atoms with Gasteiger partial charge >= 0.3 is 0 Å². The summed E-state index contributed by atoms with van der Waals surface area (Å²) in [4.78, 5) is 16.0. The number of sulfone groups is 1. The minimum Gasteiger partial charge on any atom is -0.441 e. The zero-order valence-electron chi connectivity index (χ0n) is 12.8. The first-order valence-corrected chi connectivity index (χ1v) is 8.97. The molecule has 2 aromatic rings. The predicted molar refractivity (Wildman–Crippen MR) is 83.1 cm³/mol. The van der Waals surface area contributed by atoms with Crippen molar-refractivity contribution >= 4 is 15.7 Å². The number of rotatable bonds is 6. The average Bonchev–Trinajstić information content (AvgIpc) is 2.79. The highest BCUT2D eigenvalue weighted by atomic mass is 32.2. The fraction of sp³-hybridized carbons (Fsp3) is 0.333. The molecule has 0 aliphatic carbocycles. The van der Waals surface area contributed by atoms with Crippen LogP contribution in [0.3, 0.4) is 0 Å². The molecular weight excluding hydrogens is 323 g/mol. The summed E-state index contributed by atoms with van der Waals surface area (Å²) in [5, 5.41) is 2.52. The van der Waals surface area contributed by atoms with Gasteiger partial charge < -0.3 is 9.73 Å². The molecule has 2 rings (SSSR count). The summed E-state index contributed by atoms with van der Waals surface area (Å²) < 4.78 is 40.4. The van der Waals surface area contributed by atoms with Crippen LogP contribution in [0.2, 0.25) is 0 Å². The molecule has 0 atom stereocenters. The van der Waals surface area contributed by atoms with E-state index in [9.17, 15) is 17.6 Å². The third kappa shape index (κ3) is 5.17. The van der Waals surface area contributed by atoms with Crippen molar-refractivity contribution in [1.29, 1.82) is 0 Å². The van der Waals surface area contributed by atoms with Crippen molar-refractivity contribution in [2.45, 2.75) is 13.3 Å². The fourth-order valence-corrected chi connectivity index (χ4v) is 2.37. The number of benzene rings is 1. The maximum absolute atomic E-state index is 12.9. The number of hydrogen-bond donors (Lipinski definition) is 1. The molecule has 0 radical (unpaired) electrons. The summed E-state index contributed by atoms with van der Waals surface area (Å²) >= 11 is 0. The Morgan fingerprint density at radius 3 is 2.57 bits per heavy atom. The lowest BCUT2D eigenvalue weighted by atomic mass is 10.2. The van der Waals surface area contributed by atoms with E-state index in [1.54, 1.807) is 6.92 Å². The highest BCUT2D eigenvalue weighted by Gasteiger charge is 2.15. The van der Waals surface area contributed by atoms with Crippen LogP contribution in [0.5, 0.6) is 0 Å². The SMILES string of the molecule is Cc1oc(-c2ccc(F)cc2)nc1CC(=O)NCCS(C)(=O)=O. The molecule has 1 N–H and O–H groups in total. The summed E-state index contributed by atoms with van der Waals surface area (Å²) in [5.41, 5.74) is 1.07. The average molecular weight is 340 g/mol. The Balaban J connectivity index is 2.01. The van der Waals surface area contributed by atoms with Crippen LogP contribution in [0.25, 0.3) is 11.5 Å². The smallest absolute Gasteiger partial charge is 0.226 e. The van der Waals surface area contributed by atoms with Gasteiger partial charge in [0.05, 0.1) is 17.9 Å². The summed E-state index contributed by atoms with van der Waals surface area (Å²) in [6.45, 7) is 1.73. The molecule has 0 aliphatic heterocycles. The molecule has 0 aliphatic rings. The summed E-state index contributed by atoms with van der Waals surface area (Å²) in [6, 6.07) is 5.67. The van der Waals surface area contributed by atoms with Crippen molar-refractivity contribution in [3.63, 3.8) is 0 Å². The van der Waals surface area contributed by atoms with E-state index >= 15 is 0 Å². The van der Waals surface area contributed by atoms with Crippen LogP contribution in [0, 0.1) is 12.7 Å². The summed E-state index contributed by atoms with van der Waals surface area (Å²) in [7, 11) is -3.12. The number of halogens is 1. The van der Waals surface area contributed by atoms with E-state index in [1.165, 1.54) is 24.3 Å². The van der Waals surface area contributed by atoms with E-state index in [0.29, 0.717) is 22.9 Å². The van der Waals surface area contributed by atoms with Gasteiger partial charge in [0.2, 0.25) is 11.8 Å². The van der Waals surface area contributed by atoms with Gasteiger partial charge in [0.1, 0.15) is 21.4 Å². The van der Waals surface area contributed by atoms with E-state index in [2.05, 4.69) is 10.3 Å². The van der Waals surface area contributed by atoms with Crippen molar-refractivity contribution < 1.29 is 22.0 Å².